The van der Waals surface area contributed by atoms with Gasteiger partial charge >= 0.3 is 0 Å². The molecule has 4 rings (SSSR count). The van der Waals surface area contributed by atoms with Crippen LogP contribution in [0, 0.1) is 11.8 Å². The predicted molar refractivity (Wildman–Crippen MR) is 110 cm³/mol. The summed E-state index contributed by atoms with van der Waals surface area (Å²) >= 11 is 0. The van der Waals surface area contributed by atoms with Crippen molar-refractivity contribution in [2.45, 2.75) is 89.1 Å². The summed E-state index contributed by atoms with van der Waals surface area (Å²) in [6.07, 6.45) is 5.53. The molecule has 3 saturated heterocycles. The van der Waals surface area contributed by atoms with Gasteiger partial charge in [-0.15, -0.1) is 0 Å². The van der Waals surface area contributed by atoms with Gasteiger partial charge in [0, 0.05) is 50.6 Å². The van der Waals surface area contributed by atoms with Crippen molar-refractivity contribution in [3.05, 3.63) is 0 Å². The fourth-order valence-electron chi connectivity index (χ4n) is 6.10. The summed E-state index contributed by atoms with van der Waals surface area (Å²) in [6, 6.07) is 0.567. The SMILES string of the molecule is CC(=O)N1CCC(N2CCCC(NC(=O)C3CC4C(F)CCC(C)C4N3)C2)CC1. The number of carbonyl (C=O) groups excluding carboxylic acids is 2. The van der Waals surface area contributed by atoms with Crippen LogP contribution in [0.5, 0.6) is 0 Å². The smallest absolute Gasteiger partial charge is 0.237 e. The van der Waals surface area contributed by atoms with E-state index in [0.717, 1.165) is 58.3 Å². The first kappa shape index (κ1) is 21.0. The van der Waals surface area contributed by atoms with Crippen molar-refractivity contribution in [3.63, 3.8) is 0 Å². The number of halogens is 1. The summed E-state index contributed by atoms with van der Waals surface area (Å²) in [5.74, 6) is 0.651. The number of nitrogens with one attached hydrogen (secondary N) is 2. The van der Waals surface area contributed by atoms with Crippen LogP contribution in [-0.4, -0.2) is 78.1 Å². The Hall–Kier alpha value is -1.21. The molecule has 6 nitrogen and oxygen atoms in total. The first-order valence-electron chi connectivity index (χ1n) is 11.6. The maximum Gasteiger partial charge on any atom is 0.237 e. The maximum atomic E-state index is 14.3. The largest absolute Gasteiger partial charge is 0.351 e. The number of hydrogen-bond donors (Lipinski definition) is 2. The van der Waals surface area contributed by atoms with Gasteiger partial charge in [0.2, 0.25) is 11.8 Å². The van der Waals surface area contributed by atoms with Gasteiger partial charge in [-0.05, 0) is 57.4 Å². The van der Waals surface area contributed by atoms with E-state index >= 15 is 0 Å². The van der Waals surface area contributed by atoms with Crippen molar-refractivity contribution >= 4 is 11.8 Å². The topological polar surface area (TPSA) is 64.7 Å². The minimum atomic E-state index is -0.771. The minimum absolute atomic E-state index is 0.0104. The van der Waals surface area contributed by atoms with Crippen LogP contribution in [0.4, 0.5) is 4.39 Å². The zero-order valence-corrected chi connectivity index (χ0v) is 17.9. The lowest BCUT2D eigenvalue weighted by Gasteiger charge is -2.42. The molecular formula is C22H37FN4O2. The molecule has 0 spiro atoms. The van der Waals surface area contributed by atoms with Crippen molar-refractivity contribution in [1.29, 1.82) is 0 Å². The highest BCUT2D eigenvalue weighted by Gasteiger charge is 2.46. The maximum absolute atomic E-state index is 14.3. The Morgan fingerprint density at radius 2 is 1.83 bits per heavy atom. The molecule has 6 unspecified atom stereocenters. The van der Waals surface area contributed by atoms with E-state index in [2.05, 4.69) is 22.5 Å². The molecule has 29 heavy (non-hydrogen) atoms. The number of rotatable bonds is 3. The lowest BCUT2D eigenvalue weighted by Crippen LogP contribution is -2.56. The molecule has 7 heteroatoms. The molecule has 3 aliphatic heterocycles. The van der Waals surface area contributed by atoms with Gasteiger partial charge in [0.1, 0.15) is 6.17 Å². The average Bonchev–Trinajstić information content (AvgIpc) is 3.18. The van der Waals surface area contributed by atoms with Gasteiger partial charge in [-0.2, -0.15) is 0 Å². The van der Waals surface area contributed by atoms with Crippen molar-refractivity contribution < 1.29 is 14.0 Å². The summed E-state index contributed by atoms with van der Waals surface area (Å²) < 4.78 is 14.3. The van der Waals surface area contributed by atoms with Gasteiger partial charge in [-0.25, -0.2) is 4.39 Å². The molecule has 0 bridgehead atoms. The van der Waals surface area contributed by atoms with E-state index in [0.29, 0.717) is 24.8 Å². The third-order valence-electron chi connectivity index (χ3n) is 7.88. The molecule has 0 radical (unpaired) electrons. The number of alkyl halides is 1. The Labute approximate surface area is 173 Å². The van der Waals surface area contributed by atoms with Gasteiger partial charge in [-0.3, -0.25) is 14.5 Å². The molecule has 3 heterocycles. The van der Waals surface area contributed by atoms with E-state index in [-0.39, 0.29) is 35.9 Å². The first-order chi connectivity index (χ1) is 13.9. The zero-order chi connectivity index (χ0) is 20.5. The van der Waals surface area contributed by atoms with Crippen molar-refractivity contribution in [2.75, 3.05) is 26.2 Å². The number of carbonyl (C=O) groups is 2. The Kier molecular flexibility index (Phi) is 6.44. The van der Waals surface area contributed by atoms with Crippen LogP contribution in [0.3, 0.4) is 0 Å². The van der Waals surface area contributed by atoms with Crippen molar-refractivity contribution in [3.8, 4) is 0 Å². The summed E-state index contributed by atoms with van der Waals surface area (Å²) in [6.45, 7) is 7.46. The van der Waals surface area contributed by atoms with E-state index in [1.165, 1.54) is 0 Å². The van der Waals surface area contributed by atoms with Crippen LogP contribution in [0.1, 0.15) is 58.8 Å². The fraction of sp³-hybridized carbons (Fsp3) is 0.909. The van der Waals surface area contributed by atoms with Gasteiger partial charge in [0.25, 0.3) is 0 Å². The Morgan fingerprint density at radius 1 is 1.07 bits per heavy atom. The fourth-order valence-corrected chi connectivity index (χ4v) is 6.10. The molecule has 164 valence electrons. The summed E-state index contributed by atoms with van der Waals surface area (Å²) in [5.41, 5.74) is 0. The van der Waals surface area contributed by atoms with Crippen LogP contribution in [-0.2, 0) is 9.59 Å². The summed E-state index contributed by atoms with van der Waals surface area (Å²) in [5, 5.41) is 6.72. The number of hydrogen-bond acceptors (Lipinski definition) is 4. The number of likely N-dealkylation sites (tertiary alicyclic amines) is 2. The predicted octanol–water partition coefficient (Wildman–Crippen LogP) is 1.69. The molecule has 4 aliphatic rings. The molecule has 0 aromatic carbocycles. The van der Waals surface area contributed by atoms with Crippen molar-refractivity contribution in [2.24, 2.45) is 11.8 Å². The van der Waals surface area contributed by atoms with Crippen LogP contribution in [0.15, 0.2) is 0 Å². The monoisotopic (exact) mass is 408 g/mol. The highest BCUT2D eigenvalue weighted by molar-refractivity contribution is 5.82. The minimum Gasteiger partial charge on any atom is -0.351 e. The lowest BCUT2D eigenvalue weighted by atomic mass is 9.77. The number of nitrogens with zero attached hydrogens (tertiary/aromatic N) is 2. The molecule has 6 atom stereocenters. The Bertz CT molecular complexity index is 592. The van der Waals surface area contributed by atoms with Gasteiger partial charge in [0.05, 0.1) is 6.04 Å². The Morgan fingerprint density at radius 3 is 2.52 bits per heavy atom. The van der Waals surface area contributed by atoms with Gasteiger partial charge in [0.15, 0.2) is 0 Å². The van der Waals surface area contributed by atoms with Crippen LogP contribution >= 0.6 is 0 Å². The van der Waals surface area contributed by atoms with Crippen LogP contribution < -0.4 is 10.6 Å². The third kappa shape index (κ3) is 4.61. The molecular weight excluding hydrogens is 371 g/mol. The van der Waals surface area contributed by atoms with Crippen LogP contribution in [0.25, 0.3) is 0 Å². The third-order valence-corrected chi connectivity index (χ3v) is 7.88. The van der Waals surface area contributed by atoms with Gasteiger partial charge in [-0.1, -0.05) is 6.92 Å². The molecule has 0 aromatic heterocycles. The standard InChI is InChI=1S/C22H37FN4O2/c1-14-5-6-19(23)18-12-20(25-21(14)18)22(29)24-16-4-3-9-27(13-16)17-7-10-26(11-8-17)15(2)28/h14,16-21,25H,3-13H2,1-2H3,(H,24,29). The van der Waals surface area contributed by atoms with E-state index in [9.17, 15) is 14.0 Å². The van der Waals surface area contributed by atoms with E-state index in [1.807, 2.05) is 4.90 Å². The van der Waals surface area contributed by atoms with Crippen LogP contribution in [0.2, 0.25) is 0 Å². The first-order valence-corrected chi connectivity index (χ1v) is 11.6. The highest BCUT2D eigenvalue weighted by atomic mass is 19.1. The molecule has 0 aromatic rings. The molecule has 4 fully saturated rings. The van der Waals surface area contributed by atoms with E-state index in [1.54, 1.807) is 6.92 Å². The normalized spacial score (nSPS) is 39.2. The lowest BCUT2D eigenvalue weighted by molar-refractivity contribution is -0.130. The van der Waals surface area contributed by atoms with E-state index in [4.69, 9.17) is 0 Å². The number of fused-ring (bicyclic) bond motifs is 1. The van der Waals surface area contributed by atoms with E-state index < -0.39 is 6.17 Å². The van der Waals surface area contributed by atoms with Gasteiger partial charge < -0.3 is 15.5 Å². The highest BCUT2D eigenvalue weighted by Crippen LogP contribution is 2.38. The molecule has 2 N–H and O–H groups in total. The number of amides is 2. The summed E-state index contributed by atoms with van der Waals surface area (Å²) in [4.78, 5) is 28.9. The Balaban J connectivity index is 1.27. The second-order valence-corrected chi connectivity index (χ2v) is 9.80. The molecule has 2 amide bonds. The van der Waals surface area contributed by atoms with Crippen molar-refractivity contribution in [1.82, 2.24) is 20.4 Å². The second-order valence-electron chi connectivity index (χ2n) is 9.80. The second kappa shape index (κ2) is 8.88. The molecule has 1 aliphatic carbocycles. The number of piperidine rings is 2. The summed E-state index contributed by atoms with van der Waals surface area (Å²) in [7, 11) is 0. The zero-order valence-electron chi connectivity index (χ0n) is 17.9. The molecule has 1 saturated carbocycles. The quantitative estimate of drug-likeness (QED) is 0.746. The average molecular weight is 409 g/mol.